The molecule has 3 rings (SSSR count). The first-order chi connectivity index (χ1) is 14.0. The third-order valence-corrected chi connectivity index (χ3v) is 5.38. The summed E-state index contributed by atoms with van der Waals surface area (Å²) in [4.78, 5) is 25.4. The number of urea groups is 1. The number of methoxy groups -OCH3 is 1. The van der Waals surface area contributed by atoms with Crippen molar-refractivity contribution in [3.63, 3.8) is 0 Å². The molecule has 0 bridgehead atoms. The molecule has 2 amide bonds. The highest BCUT2D eigenvalue weighted by Gasteiger charge is 2.33. The second kappa shape index (κ2) is 9.47. The Labute approximate surface area is 172 Å². The summed E-state index contributed by atoms with van der Waals surface area (Å²) in [5.74, 6) is -0.0338. The number of hydrogen-bond acceptors (Lipinski definition) is 5. The van der Waals surface area contributed by atoms with Crippen LogP contribution in [0.5, 0.6) is 5.75 Å². The molecule has 1 heterocycles. The summed E-state index contributed by atoms with van der Waals surface area (Å²) < 4.78 is 24.4. The van der Waals surface area contributed by atoms with Crippen LogP contribution in [0.2, 0.25) is 0 Å². The van der Waals surface area contributed by atoms with Gasteiger partial charge < -0.3 is 20.1 Å². The third kappa shape index (κ3) is 4.89. The van der Waals surface area contributed by atoms with Gasteiger partial charge in [0.25, 0.3) is 0 Å². The number of thioether (sulfide) groups is 1. The van der Waals surface area contributed by atoms with Crippen molar-refractivity contribution < 1.29 is 23.5 Å². The van der Waals surface area contributed by atoms with Gasteiger partial charge in [-0.2, -0.15) is 0 Å². The van der Waals surface area contributed by atoms with Crippen molar-refractivity contribution in [1.29, 1.82) is 0 Å². The monoisotopic (exact) mass is 416 g/mol. The Bertz CT molecular complexity index is 931. The summed E-state index contributed by atoms with van der Waals surface area (Å²) in [6.45, 7) is 1.91. The summed E-state index contributed by atoms with van der Waals surface area (Å²) >= 11 is 1.19. The lowest BCUT2D eigenvalue weighted by Gasteiger charge is -2.29. The van der Waals surface area contributed by atoms with Gasteiger partial charge in [0.15, 0.2) is 0 Å². The Morgan fingerprint density at radius 2 is 1.90 bits per heavy atom. The Hall–Kier alpha value is -3.00. The van der Waals surface area contributed by atoms with Crippen LogP contribution in [0, 0.1) is 5.82 Å². The van der Waals surface area contributed by atoms with Gasteiger partial charge in [-0.05, 0) is 36.8 Å². The van der Waals surface area contributed by atoms with Gasteiger partial charge in [-0.1, -0.05) is 24.3 Å². The van der Waals surface area contributed by atoms with E-state index in [9.17, 15) is 14.0 Å². The van der Waals surface area contributed by atoms with Crippen LogP contribution in [0.3, 0.4) is 0 Å². The van der Waals surface area contributed by atoms with Crippen molar-refractivity contribution in [1.82, 2.24) is 10.6 Å². The molecule has 0 saturated carbocycles. The minimum absolute atomic E-state index is 0.194. The van der Waals surface area contributed by atoms with Crippen molar-refractivity contribution in [3.8, 4) is 5.75 Å². The van der Waals surface area contributed by atoms with E-state index < -0.39 is 18.0 Å². The molecule has 0 fully saturated rings. The number of carbonyl (C=O) groups excluding carboxylic acids is 2. The lowest BCUT2D eigenvalue weighted by molar-refractivity contribution is -0.139. The van der Waals surface area contributed by atoms with Crippen molar-refractivity contribution in [3.05, 3.63) is 71.2 Å². The molecule has 1 atom stereocenters. The van der Waals surface area contributed by atoms with Crippen LogP contribution in [0.15, 0.2) is 64.7 Å². The van der Waals surface area contributed by atoms with Gasteiger partial charge in [0, 0.05) is 16.3 Å². The van der Waals surface area contributed by atoms with E-state index in [1.165, 1.54) is 17.8 Å². The second-order valence-corrected chi connectivity index (χ2v) is 7.15. The van der Waals surface area contributed by atoms with Crippen LogP contribution in [0.4, 0.5) is 9.18 Å². The number of nitrogens with one attached hydrogen (secondary N) is 2. The van der Waals surface area contributed by atoms with Crippen LogP contribution < -0.4 is 15.4 Å². The molecule has 0 radical (unpaired) electrons. The van der Waals surface area contributed by atoms with E-state index in [2.05, 4.69) is 10.6 Å². The van der Waals surface area contributed by atoms with Crippen molar-refractivity contribution in [2.75, 3.05) is 19.5 Å². The molecule has 0 saturated heterocycles. The molecular weight excluding hydrogens is 395 g/mol. The van der Waals surface area contributed by atoms with Crippen LogP contribution in [-0.4, -0.2) is 31.5 Å². The average molecular weight is 416 g/mol. The zero-order chi connectivity index (χ0) is 20.8. The molecule has 1 unspecified atom stereocenters. The average Bonchev–Trinajstić information content (AvgIpc) is 2.73. The minimum Gasteiger partial charge on any atom is -0.497 e. The van der Waals surface area contributed by atoms with E-state index in [1.807, 2.05) is 0 Å². The molecule has 29 heavy (non-hydrogen) atoms. The van der Waals surface area contributed by atoms with E-state index in [0.29, 0.717) is 27.5 Å². The van der Waals surface area contributed by atoms with Crippen LogP contribution in [0.1, 0.15) is 18.5 Å². The van der Waals surface area contributed by atoms with E-state index in [0.717, 1.165) is 0 Å². The molecule has 2 N–H and O–H groups in total. The highest BCUT2D eigenvalue weighted by molar-refractivity contribution is 7.99. The Morgan fingerprint density at radius 1 is 1.17 bits per heavy atom. The first kappa shape index (κ1) is 20.7. The number of carbonyl (C=O) groups is 2. The number of esters is 1. The Kier molecular flexibility index (Phi) is 6.77. The molecule has 8 heteroatoms. The molecule has 0 spiro atoms. The predicted molar refractivity (Wildman–Crippen MR) is 108 cm³/mol. The largest absolute Gasteiger partial charge is 0.497 e. The molecule has 152 valence electrons. The smallest absolute Gasteiger partial charge is 0.338 e. The number of ether oxygens (including phenoxy) is 2. The minimum atomic E-state index is -0.690. The van der Waals surface area contributed by atoms with Gasteiger partial charge in [-0.15, -0.1) is 11.8 Å². The van der Waals surface area contributed by atoms with E-state index >= 15 is 0 Å². The third-order valence-electron chi connectivity index (χ3n) is 4.31. The first-order valence-corrected chi connectivity index (χ1v) is 10.0. The van der Waals surface area contributed by atoms with Gasteiger partial charge in [0.05, 0.1) is 25.3 Å². The number of benzene rings is 2. The number of rotatable bonds is 7. The van der Waals surface area contributed by atoms with E-state index in [4.69, 9.17) is 9.47 Å². The zero-order valence-corrected chi connectivity index (χ0v) is 16.8. The standard InChI is InChI=1S/C21H21FN2O4S/c1-3-28-20(25)18-16(12-29-17-7-5-4-6-15(17)22)23-21(26)24-19(18)13-8-10-14(27-2)11-9-13/h4-11,19H,3,12H2,1-2H3,(H2,23,24,26). The normalized spacial score (nSPS) is 16.1. The lowest BCUT2D eigenvalue weighted by atomic mass is 9.95. The topological polar surface area (TPSA) is 76.7 Å². The SMILES string of the molecule is CCOC(=O)C1=C(CSc2ccccc2F)NC(=O)NC1c1ccc(OC)cc1. The molecule has 2 aromatic rings. The fourth-order valence-corrected chi connectivity index (χ4v) is 3.85. The summed E-state index contributed by atoms with van der Waals surface area (Å²) in [7, 11) is 1.56. The second-order valence-electron chi connectivity index (χ2n) is 6.14. The fourth-order valence-electron chi connectivity index (χ4n) is 2.94. The molecule has 2 aromatic carbocycles. The summed E-state index contributed by atoms with van der Waals surface area (Å²) in [5.41, 5.74) is 1.39. The summed E-state index contributed by atoms with van der Waals surface area (Å²) in [5, 5.41) is 5.44. The quantitative estimate of drug-likeness (QED) is 0.530. The van der Waals surface area contributed by atoms with Crippen LogP contribution >= 0.6 is 11.8 Å². The first-order valence-electron chi connectivity index (χ1n) is 9.02. The van der Waals surface area contributed by atoms with Crippen molar-refractivity contribution >= 4 is 23.8 Å². The number of amides is 2. The van der Waals surface area contributed by atoms with Gasteiger partial charge in [0.1, 0.15) is 11.6 Å². The van der Waals surface area contributed by atoms with Crippen molar-refractivity contribution in [2.24, 2.45) is 0 Å². The lowest BCUT2D eigenvalue weighted by Crippen LogP contribution is -2.46. The van der Waals surface area contributed by atoms with Crippen LogP contribution in [-0.2, 0) is 9.53 Å². The summed E-state index contributed by atoms with van der Waals surface area (Å²) in [6, 6.07) is 12.3. The maximum atomic E-state index is 14.0. The molecule has 6 nitrogen and oxygen atoms in total. The Morgan fingerprint density at radius 3 is 2.55 bits per heavy atom. The van der Waals surface area contributed by atoms with E-state index in [-0.39, 0.29) is 18.2 Å². The van der Waals surface area contributed by atoms with Gasteiger partial charge in [-0.25, -0.2) is 14.0 Å². The van der Waals surface area contributed by atoms with Crippen molar-refractivity contribution in [2.45, 2.75) is 17.9 Å². The molecule has 0 aliphatic carbocycles. The summed E-state index contributed by atoms with van der Waals surface area (Å²) in [6.07, 6.45) is 0. The molecule has 1 aliphatic rings. The highest BCUT2D eigenvalue weighted by atomic mass is 32.2. The zero-order valence-electron chi connectivity index (χ0n) is 16.0. The van der Waals surface area contributed by atoms with Gasteiger partial charge in [-0.3, -0.25) is 0 Å². The highest BCUT2D eigenvalue weighted by Crippen LogP contribution is 2.32. The van der Waals surface area contributed by atoms with Gasteiger partial charge in [0.2, 0.25) is 0 Å². The van der Waals surface area contributed by atoms with E-state index in [1.54, 1.807) is 56.5 Å². The Balaban J connectivity index is 1.97. The van der Waals surface area contributed by atoms with Gasteiger partial charge >= 0.3 is 12.0 Å². The number of hydrogen-bond donors (Lipinski definition) is 2. The molecule has 1 aliphatic heterocycles. The maximum absolute atomic E-state index is 14.0. The van der Waals surface area contributed by atoms with Crippen LogP contribution in [0.25, 0.3) is 0 Å². The number of halogens is 1. The predicted octanol–water partition coefficient (Wildman–Crippen LogP) is 3.80. The molecule has 0 aromatic heterocycles. The maximum Gasteiger partial charge on any atom is 0.338 e. The fraction of sp³-hybridized carbons (Fsp3) is 0.238. The molecular formula is C21H21FN2O4S.